The molecule has 2 heterocycles. The van der Waals surface area contributed by atoms with Gasteiger partial charge in [-0.1, -0.05) is 6.07 Å². The van der Waals surface area contributed by atoms with E-state index in [1.807, 2.05) is 25.2 Å². The van der Waals surface area contributed by atoms with Gasteiger partial charge in [0.05, 0.1) is 6.54 Å². The SMILES string of the molecule is CC(c1cccs1)N(C)CC(=O)Nc1ccc(N2CCCC2)cc1. The second-order valence-corrected chi connectivity index (χ2v) is 7.37. The first-order chi connectivity index (χ1) is 11.6. The third-order valence-electron chi connectivity index (χ3n) is 4.63. The van der Waals surface area contributed by atoms with Crippen molar-refractivity contribution in [2.24, 2.45) is 0 Å². The van der Waals surface area contributed by atoms with E-state index in [1.54, 1.807) is 11.3 Å². The zero-order chi connectivity index (χ0) is 16.9. The van der Waals surface area contributed by atoms with E-state index in [-0.39, 0.29) is 11.9 Å². The Morgan fingerprint density at radius 2 is 1.96 bits per heavy atom. The van der Waals surface area contributed by atoms with E-state index in [1.165, 1.54) is 23.4 Å². The minimum absolute atomic E-state index is 0.0230. The maximum Gasteiger partial charge on any atom is 0.238 e. The van der Waals surface area contributed by atoms with Crippen LogP contribution in [0.5, 0.6) is 0 Å². The molecule has 128 valence electrons. The molecule has 1 fully saturated rings. The predicted molar refractivity (Wildman–Crippen MR) is 102 cm³/mol. The van der Waals surface area contributed by atoms with Crippen LogP contribution >= 0.6 is 11.3 Å². The van der Waals surface area contributed by atoms with Gasteiger partial charge in [0.1, 0.15) is 0 Å². The molecule has 1 N–H and O–H groups in total. The van der Waals surface area contributed by atoms with Crippen LogP contribution in [0.2, 0.25) is 0 Å². The highest BCUT2D eigenvalue weighted by Crippen LogP contribution is 2.24. The lowest BCUT2D eigenvalue weighted by Gasteiger charge is -2.23. The highest BCUT2D eigenvalue weighted by molar-refractivity contribution is 7.10. The summed E-state index contributed by atoms with van der Waals surface area (Å²) in [4.78, 5) is 18.0. The van der Waals surface area contributed by atoms with Crippen molar-refractivity contribution in [1.29, 1.82) is 0 Å². The van der Waals surface area contributed by atoms with Crippen molar-refractivity contribution >= 4 is 28.6 Å². The Bertz CT molecular complexity index is 648. The molecule has 0 radical (unpaired) electrons. The Balaban J connectivity index is 1.52. The molecule has 1 saturated heterocycles. The molecular formula is C19H25N3OS. The third-order valence-corrected chi connectivity index (χ3v) is 5.67. The molecule has 1 aliphatic rings. The first kappa shape index (κ1) is 17.0. The lowest BCUT2D eigenvalue weighted by atomic mass is 10.2. The number of carbonyl (C=O) groups excluding carboxylic acids is 1. The number of thiophene rings is 1. The van der Waals surface area contributed by atoms with E-state index in [9.17, 15) is 4.79 Å². The van der Waals surface area contributed by atoms with E-state index in [2.05, 4.69) is 45.6 Å². The fourth-order valence-corrected chi connectivity index (χ4v) is 3.89. The van der Waals surface area contributed by atoms with Crippen LogP contribution in [0.1, 0.15) is 30.7 Å². The van der Waals surface area contributed by atoms with Gasteiger partial charge in [0, 0.05) is 35.4 Å². The minimum atomic E-state index is 0.0230. The summed E-state index contributed by atoms with van der Waals surface area (Å²) < 4.78 is 0. The molecular weight excluding hydrogens is 318 g/mol. The van der Waals surface area contributed by atoms with Gasteiger partial charge in [-0.15, -0.1) is 11.3 Å². The van der Waals surface area contributed by atoms with Gasteiger partial charge in [0.25, 0.3) is 0 Å². The van der Waals surface area contributed by atoms with E-state index in [0.717, 1.165) is 18.8 Å². The van der Waals surface area contributed by atoms with Gasteiger partial charge in [0.2, 0.25) is 5.91 Å². The molecule has 4 nitrogen and oxygen atoms in total. The Labute approximate surface area is 148 Å². The van der Waals surface area contributed by atoms with Gasteiger partial charge in [-0.3, -0.25) is 9.69 Å². The molecule has 0 saturated carbocycles. The molecule has 2 aromatic rings. The number of benzene rings is 1. The fraction of sp³-hybridized carbons (Fsp3) is 0.421. The van der Waals surface area contributed by atoms with Crippen molar-refractivity contribution in [3.63, 3.8) is 0 Å². The number of nitrogens with zero attached hydrogens (tertiary/aromatic N) is 2. The maximum atomic E-state index is 12.3. The zero-order valence-corrected chi connectivity index (χ0v) is 15.2. The Morgan fingerprint density at radius 3 is 2.58 bits per heavy atom. The van der Waals surface area contributed by atoms with Crippen molar-refractivity contribution < 1.29 is 4.79 Å². The molecule has 1 aromatic heterocycles. The van der Waals surface area contributed by atoms with Gasteiger partial charge in [0.15, 0.2) is 0 Å². The van der Waals surface area contributed by atoms with E-state index < -0.39 is 0 Å². The number of hydrogen-bond acceptors (Lipinski definition) is 4. The van der Waals surface area contributed by atoms with Crippen LogP contribution in [0, 0.1) is 0 Å². The van der Waals surface area contributed by atoms with Crippen molar-refractivity contribution in [1.82, 2.24) is 4.90 Å². The summed E-state index contributed by atoms with van der Waals surface area (Å²) in [5.41, 5.74) is 2.11. The normalized spacial score (nSPS) is 15.7. The smallest absolute Gasteiger partial charge is 0.238 e. The maximum absolute atomic E-state index is 12.3. The predicted octanol–water partition coefficient (Wildman–Crippen LogP) is 3.98. The first-order valence-corrected chi connectivity index (χ1v) is 9.40. The van der Waals surface area contributed by atoms with E-state index >= 15 is 0 Å². The van der Waals surface area contributed by atoms with Crippen LogP contribution in [-0.2, 0) is 4.79 Å². The molecule has 5 heteroatoms. The molecule has 1 aliphatic heterocycles. The van der Waals surface area contributed by atoms with Gasteiger partial charge in [-0.2, -0.15) is 0 Å². The van der Waals surface area contributed by atoms with Crippen LogP contribution in [0.15, 0.2) is 41.8 Å². The third kappa shape index (κ3) is 4.16. The number of anilines is 2. The van der Waals surface area contributed by atoms with Crippen LogP contribution in [0.4, 0.5) is 11.4 Å². The summed E-state index contributed by atoms with van der Waals surface area (Å²) in [7, 11) is 1.99. The number of likely N-dealkylation sites (N-methyl/N-ethyl adjacent to an activating group) is 1. The Hall–Kier alpha value is -1.85. The Kier molecular flexibility index (Phi) is 5.53. The summed E-state index contributed by atoms with van der Waals surface area (Å²) in [6, 6.07) is 12.6. The highest BCUT2D eigenvalue weighted by atomic mass is 32.1. The fourth-order valence-electron chi connectivity index (χ4n) is 3.04. The molecule has 0 spiro atoms. The van der Waals surface area contributed by atoms with Gasteiger partial charge >= 0.3 is 0 Å². The zero-order valence-electron chi connectivity index (χ0n) is 14.4. The summed E-state index contributed by atoms with van der Waals surface area (Å²) in [6.07, 6.45) is 2.54. The lowest BCUT2D eigenvalue weighted by molar-refractivity contribution is -0.117. The lowest BCUT2D eigenvalue weighted by Crippen LogP contribution is -2.31. The number of rotatable bonds is 6. The van der Waals surface area contributed by atoms with Crippen molar-refractivity contribution in [2.75, 3.05) is 36.9 Å². The summed E-state index contributed by atoms with van der Waals surface area (Å²) >= 11 is 1.73. The van der Waals surface area contributed by atoms with Crippen molar-refractivity contribution in [3.05, 3.63) is 46.7 Å². The molecule has 3 rings (SSSR count). The number of nitrogens with one attached hydrogen (secondary N) is 1. The summed E-state index contributed by atoms with van der Waals surface area (Å²) in [5.74, 6) is 0.0230. The number of carbonyl (C=O) groups is 1. The molecule has 1 amide bonds. The highest BCUT2D eigenvalue weighted by Gasteiger charge is 2.16. The minimum Gasteiger partial charge on any atom is -0.372 e. The molecule has 0 bridgehead atoms. The van der Waals surface area contributed by atoms with Crippen LogP contribution in [-0.4, -0.2) is 37.5 Å². The largest absolute Gasteiger partial charge is 0.372 e. The van der Waals surface area contributed by atoms with Crippen molar-refractivity contribution in [3.8, 4) is 0 Å². The Morgan fingerprint density at radius 1 is 1.25 bits per heavy atom. The summed E-state index contributed by atoms with van der Waals surface area (Å²) in [6.45, 7) is 4.78. The number of amides is 1. The van der Waals surface area contributed by atoms with Crippen LogP contribution < -0.4 is 10.2 Å². The van der Waals surface area contributed by atoms with Crippen LogP contribution in [0.3, 0.4) is 0 Å². The summed E-state index contributed by atoms with van der Waals surface area (Å²) in [5, 5.41) is 5.07. The second-order valence-electron chi connectivity index (χ2n) is 6.40. The molecule has 1 unspecified atom stereocenters. The average Bonchev–Trinajstić information content (AvgIpc) is 3.28. The molecule has 1 atom stereocenters. The van der Waals surface area contributed by atoms with E-state index in [0.29, 0.717) is 6.54 Å². The topological polar surface area (TPSA) is 35.6 Å². The molecule has 24 heavy (non-hydrogen) atoms. The van der Waals surface area contributed by atoms with Crippen molar-refractivity contribution in [2.45, 2.75) is 25.8 Å². The molecule has 0 aliphatic carbocycles. The second kappa shape index (κ2) is 7.81. The average molecular weight is 343 g/mol. The quantitative estimate of drug-likeness (QED) is 0.862. The van der Waals surface area contributed by atoms with Gasteiger partial charge < -0.3 is 10.2 Å². The van der Waals surface area contributed by atoms with Crippen LogP contribution in [0.25, 0.3) is 0 Å². The van der Waals surface area contributed by atoms with Gasteiger partial charge in [-0.05, 0) is 62.5 Å². The first-order valence-electron chi connectivity index (χ1n) is 8.52. The van der Waals surface area contributed by atoms with E-state index in [4.69, 9.17) is 0 Å². The number of hydrogen-bond donors (Lipinski definition) is 1. The van der Waals surface area contributed by atoms with Gasteiger partial charge in [-0.25, -0.2) is 0 Å². The molecule has 1 aromatic carbocycles. The monoisotopic (exact) mass is 343 g/mol. The standard InChI is InChI=1S/C19H25N3OS/c1-15(18-6-5-13-24-18)21(2)14-19(23)20-16-7-9-17(10-8-16)22-11-3-4-12-22/h5-10,13,15H,3-4,11-12,14H2,1-2H3,(H,20,23).